The third-order valence-corrected chi connectivity index (χ3v) is 3.11. The van der Waals surface area contributed by atoms with Crippen LogP contribution in [0, 0.1) is 0 Å². The lowest BCUT2D eigenvalue weighted by molar-refractivity contribution is 0.396. The van der Waals surface area contributed by atoms with Crippen LogP contribution in [0.25, 0.3) is 17.0 Å². The quantitative estimate of drug-likeness (QED) is 0.789. The van der Waals surface area contributed by atoms with Gasteiger partial charge in [-0.05, 0) is 38.4 Å². The van der Waals surface area contributed by atoms with Crippen LogP contribution in [0.1, 0.15) is 5.69 Å². The van der Waals surface area contributed by atoms with Gasteiger partial charge in [-0.3, -0.25) is 9.38 Å². The van der Waals surface area contributed by atoms with Crippen molar-refractivity contribution in [3.8, 4) is 11.4 Å². The van der Waals surface area contributed by atoms with Gasteiger partial charge >= 0.3 is 0 Å². The topological polar surface area (TPSA) is 59.5 Å². The van der Waals surface area contributed by atoms with E-state index in [1.807, 2.05) is 55.0 Å². The molecule has 0 amide bonds. The van der Waals surface area contributed by atoms with E-state index in [1.54, 1.807) is 6.20 Å². The molecule has 20 heavy (non-hydrogen) atoms. The van der Waals surface area contributed by atoms with Crippen molar-refractivity contribution in [2.75, 3.05) is 19.8 Å². The van der Waals surface area contributed by atoms with Crippen LogP contribution in [-0.2, 0) is 6.54 Å². The number of fused-ring (bicyclic) bond motifs is 1. The van der Waals surface area contributed by atoms with E-state index < -0.39 is 0 Å². The van der Waals surface area contributed by atoms with E-state index in [9.17, 15) is 0 Å². The fourth-order valence-corrected chi connectivity index (χ4v) is 2.27. The van der Waals surface area contributed by atoms with Gasteiger partial charge in [-0.2, -0.15) is 0 Å². The van der Waals surface area contributed by atoms with Crippen molar-refractivity contribution in [1.29, 1.82) is 0 Å². The summed E-state index contributed by atoms with van der Waals surface area (Å²) < 4.78 is 2.04. The van der Waals surface area contributed by atoms with Gasteiger partial charge < -0.3 is 10.6 Å². The molecule has 0 aromatic carbocycles. The van der Waals surface area contributed by atoms with Gasteiger partial charge in [0.2, 0.25) is 0 Å². The lowest BCUT2D eigenvalue weighted by Crippen LogP contribution is -2.13. The summed E-state index contributed by atoms with van der Waals surface area (Å²) in [5, 5.41) is 0. The van der Waals surface area contributed by atoms with Crippen molar-refractivity contribution in [2.45, 2.75) is 6.54 Å². The zero-order chi connectivity index (χ0) is 14.1. The first-order chi connectivity index (χ1) is 9.65. The highest BCUT2D eigenvalue weighted by atomic mass is 15.1. The number of nitrogens with zero attached hydrogens (tertiary/aromatic N) is 4. The maximum Gasteiger partial charge on any atom is 0.137 e. The molecule has 0 fully saturated rings. The summed E-state index contributed by atoms with van der Waals surface area (Å²) in [6.07, 6.45) is 3.70. The van der Waals surface area contributed by atoms with E-state index in [0.29, 0.717) is 0 Å². The molecule has 0 bridgehead atoms. The van der Waals surface area contributed by atoms with E-state index in [1.165, 1.54) is 0 Å². The Morgan fingerprint density at radius 1 is 1.20 bits per heavy atom. The maximum atomic E-state index is 5.89. The number of imidazole rings is 1. The molecule has 0 aliphatic heterocycles. The van der Waals surface area contributed by atoms with Crippen LogP contribution in [0.3, 0.4) is 0 Å². The van der Waals surface area contributed by atoms with Gasteiger partial charge in [0.25, 0.3) is 0 Å². The molecular formula is C15H17N5. The molecule has 0 saturated carbocycles. The molecule has 0 saturated heterocycles. The van der Waals surface area contributed by atoms with E-state index >= 15 is 0 Å². The summed E-state index contributed by atoms with van der Waals surface area (Å²) in [5.74, 6) is 0. The molecule has 0 atom stereocenters. The Bertz CT molecular complexity index is 731. The second-order valence-electron chi connectivity index (χ2n) is 5.05. The summed E-state index contributed by atoms with van der Waals surface area (Å²) >= 11 is 0. The zero-order valence-electron chi connectivity index (χ0n) is 11.6. The van der Waals surface area contributed by atoms with E-state index in [-0.39, 0.29) is 0 Å². The Morgan fingerprint density at radius 3 is 2.75 bits per heavy atom. The molecule has 3 aromatic rings. The van der Waals surface area contributed by atoms with Gasteiger partial charge in [-0.1, -0.05) is 6.07 Å². The van der Waals surface area contributed by atoms with Crippen LogP contribution in [0.2, 0.25) is 0 Å². The average Bonchev–Trinajstić information content (AvgIpc) is 2.77. The van der Waals surface area contributed by atoms with Gasteiger partial charge in [0.1, 0.15) is 11.3 Å². The van der Waals surface area contributed by atoms with Crippen molar-refractivity contribution in [3.63, 3.8) is 0 Å². The summed E-state index contributed by atoms with van der Waals surface area (Å²) in [5.41, 5.74) is 10.4. The van der Waals surface area contributed by atoms with Gasteiger partial charge in [0.05, 0.1) is 11.4 Å². The van der Waals surface area contributed by atoms with Crippen molar-refractivity contribution < 1.29 is 0 Å². The Balaban J connectivity index is 2.25. The van der Waals surface area contributed by atoms with E-state index in [0.717, 1.165) is 35.0 Å². The third kappa shape index (κ3) is 2.23. The Hall–Kier alpha value is -2.40. The van der Waals surface area contributed by atoms with Crippen molar-refractivity contribution in [1.82, 2.24) is 19.3 Å². The molecule has 102 valence electrons. The highest BCUT2D eigenvalue weighted by Crippen LogP contribution is 2.24. The summed E-state index contributed by atoms with van der Waals surface area (Å²) in [7, 11) is 4.07. The predicted molar refractivity (Wildman–Crippen MR) is 80.2 cm³/mol. The number of nitrogens with two attached hydrogens (primary N) is 1. The number of nitrogen functional groups attached to an aromatic ring is 1. The molecule has 0 aliphatic carbocycles. The number of pyridine rings is 2. The van der Waals surface area contributed by atoms with Crippen LogP contribution in [0.4, 0.5) is 5.69 Å². The average molecular weight is 267 g/mol. The monoisotopic (exact) mass is 267 g/mol. The SMILES string of the molecule is CN(C)Cc1c(-c2ccccn2)nc2ccc(N)cn12. The minimum atomic E-state index is 0.725. The summed E-state index contributed by atoms with van der Waals surface area (Å²) in [6.45, 7) is 0.774. The van der Waals surface area contributed by atoms with Crippen LogP contribution in [0.15, 0.2) is 42.7 Å². The first kappa shape index (κ1) is 12.6. The van der Waals surface area contributed by atoms with Crippen LogP contribution < -0.4 is 5.73 Å². The number of rotatable bonds is 3. The largest absolute Gasteiger partial charge is 0.398 e. The molecule has 3 rings (SSSR count). The summed E-state index contributed by atoms with van der Waals surface area (Å²) in [4.78, 5) is 11.2. The highest BCUT2D eigenvalue weighted by molar-refractivity contribution is 5.64. The normalized spacial score (nSPS) is 11.3. The summed E-state index contributed by atoms with van der Waals surface area (Å²) in [6, 6.07) is 9.65. The van der Waals surface area contributed by atoms with Gasteiger partial charge in [-0.15, -0.1) is 0 Å². The molecule has 0 spiro atoms. The smallest absolute Gasteiger partial charge is 0.137 e. The molecule has 0 aliphatic rings. The molecule has 3 heterocycles. The molecule has 5 nitrogen and oxygen atoms in total. The first-order valence-corrected chi connectivity index (χ1v) is 6.48. The molecule has 3 aromatic heterocycles. The standard InChI is InChI=1S/C15H17N5/c1-19(2)10-13-15(12-5-3-4-8-17-12)18-14-7-6-11(16)9-20(13)14/h3-9H,10,16H2,1-2H3. The number of aromatic nitrogens is 3. The van der Waals surface area contributed by atoms with Crippen LogP contribution >= 0.6 is 0 Å². The number of hydrogen-bond acceptors (Lipinski definition) is 4. The van der Waals surface area contributed by atoms with E-state index in [2.05, 4.69) is 9.88 Å². The van der Waals surface area contributed by atoms with Crippen LogP contribution in [-0.4, -0.2) is 33.4 Å². The lowest BCUT2D eigenvalue weighted by atomic mass is 10.2. The minimum absolute atomic E-state index is 0.725. The molecule has 2 N–H and O–H groups in total. The Labute approximate surface area is 117 Å². The molecule has 0 unspecified atom stereocenters. The minimum Gasteiger partial charge on any atom is -0.398 e. The third-order valence-electron chi connectivity index (χ3n) is 3.11. The predicted octanol–water partition coefficient (Wildman–Crippen LogP) is 2.04. The maximum absolute atomic E-state index is 5.89. The molecular weight excluding hydrogens is 250 g/mol. The van der Waals surface area contributed by atoms with Crippen molar-refractivity contribution in [3.05, 3.63) is 48.4 Å². The molecule has 5 heteroatoms. The fourth-order valence-electron chi connectivity index (χ4n) is 2.27. The second-order valence-corrected chi connectivity index (χ2v) is 5.05. The Kier molecular flexibility index (Phi) is 3.12. The zero-order valence-corrected chi connectivity index (χ0v) is 11.6. The van der Waals surface area contributed by atoms with Gasteiger partial charge in [0, 0.05) is 24.6 Å². The Morgan fingerprint density at radius 2 is 2.05 bits per heavy atom. The van der Waals surface area contributed by atoms with Gasteiger partial charge in [0.15, 0.2) is 0 Å². The highest BCUT2D eigenvalue weighted by Gasteiger charge is 2.15. The van der Waals surface area contributed by atoms with Crippen molar-refractivity contribution >= 4 is 11.3 Å². The van der Waals surface area contributed by atoms with Crippen molar-refractivity contribution in [2.24, 2.45) is 0 Å². The fraction of sp³-hybridized carbons (Fsp3) is 0.200. The van der Waals surface area contributed by atoms with E-state index in [4.69, 9.17) is 10.7 Å². The second kappa shape index (κ2) is 4.94. The van der Waals surface area contributed by atoms with Gasteiger partial charge in [-0.25, -0.2) is 4.98 Å². The number of hydrogen-bond donors (Lipinski definition) is 1. The lowest BCUT2D eigenvalue weighted by Gasteiger charge is -2.11. The first-order valence-electron chi connectivity index (χ1n) is 6.48. The number of anilines is 1. The molecule has 0 radical (unpaired) electrons. The van der Waals surface area contributed by atoms with Crippen LogP contribution in [0.5, 0.6) is 0 Å².